The number of benzene rings is 2. The van der Waals surface area contributed by atoms with Crippen molar-refractivity contribution in [1.29, 1.82) is 0 Å². The molecule has 0 aromatic heterocycles. The first-order chi connectivity index (χ1) is 20.2. The van der Waals surface area contributed by atoms with Gasteiger partial charge in [0.05, 0.1) is 10.1 Å². The number of anilines is 1. The molecule has 2 aromatic rings. The Morgan fingerprint density at radius 1 is 1.00 bits per heavy atom. The van der Waals surface area contributed by atoms with Crippen LogP contribution in [0.15, 0.2) is 53.4 Å². The average Bonchev–Trinajstić information content (AvgIpc) is 3.73. The van der Waals surface area contributed by atoms with Gasteiger partial charge in [-0.15, -0.1) is 0 Å². The molecule has 4 N–H and O–H groups in total. The van der Waals surface area contributed by atoms with Crippen molar-refractivity contribution < 1.29 is 22.3 Å². The minimum absolute atomic E-state index is 0.000749. The highest BCUT2D eigenvalue weighted by Gasteiger charge is 2.52. The number of amides is 1. The van der Waals surface area contributed by atoms with Crippen molar-refractivity contribution in [2.45, 2.75) is 66.6 Å². The van der Waals surface area contributed by atoms with Crippen LogP contribution in [0.3, 0.4) is 0 Å². The molecular formula is C32H43FN4O4S. The summed E-state index contributed by atoms with van der Waals surface area (Å²) in [5.74, 6) is 0.522. The first-order valence-electron chi connectivity index (χ1n) is 15.4. The molecule has 2 aromatic carbocycles. The number of rotatable bonds is 10. The number of halogens is 1. The van der Waals surface area contributed by atoms with Crippen LogP contribution >= 0.6 is 0 Å². The summed E-state index contributed by atoms with van der Waals surface area (Å²) in [6, 6.07) is 14.2. The van der Waals surface area contributed by atoms with Gasteiger partial charge in [0, 0.05) is 49.1 Å². The van der Waals surface area contributed by atoms with Crippen molar-refractivity contribution in [2.75, 3.05) is 44.2 Å². The molecule has 0 radical (unpaired) electrons. The SMILES string of the molecule is NCC(c1cccc(F)c1)(C1CCN(CC2CN(c3ccc(S(=O)(=O)C4CC4)cc3)C2)CC1)[C@H]1CCC[C@@H]1OC(N)=O. The van der Waals surface area contributed by atoms with Crippen molar-refractivity contribution in [3.05, 3.63) is 59.9 Å². The van der Waals surface area contributed by atoms with Crippen molar-refractivity contribution in [3.8, 4) is 0 Å². The molecule has 1 amide bonds. The molecule has 0 spiro atoms. The van der Waals surface area contributed by atoms with Gasteiger partial charge in [0.2, 0.25) is 0 Å². The van der Waals surface area contributed by atoms with Crippen LogP contribution in [0.1, 0.15) is 50.5 Å². The Morgan fingerprint density at radius 2 is 1.71 bits per heavy atom. The molecule has 0 bridgehead atoms. The van der Waals surface area contributed by atoms with E-state index in [1.807, 2.05) is 18.2 Å². The normalized spacial score (nSPS) is 25.6. The van der Waals surface area contributed by atoms with Crippen LogP contribution in [-0.2, 0) is 20.0 Å². The molecule has 2 saturated carbocycles. The van der Waals surface area contributed by atoms with Crippen LogP contribution in [0.4, 0.5) is 14.9 Å². The van der Waals surface area contributed by atoms with Gasteiger partial charge >= 0.3 is 6.09 Å². The van der Waals surface area contributed by atoms with E-state index in [2.05, 4.69) is 9.80 Å². The van der Waals surface area contributed by atoms with Crippen LogP contribution in [0.5, 0.6) is 0 Å². The lowest BCUT2D eigenvalue weighted by Crippen LogP contribution is -2.56. The lowest BCUT2D eigenvalue weighted by molar-refractivity contribution is 0.0156. The lowest BCUT2D eigenvalue weighted by atomic mass is 9.58. The van der Waals surface area contributed by atoms with Crippen molar-refractivity contribution >= 4 is 21.6 Å². The summed E-state index contributed by atoms with van der Waals surface area (Å²) in [6.45, 7) is 5.18. The summed E-state index contributed by atoms with van der Waals surface area (Å²) in [6.07, 6.45) is 4.92. The number of carbonyl (C=O) groups excluding carboxylic acids is 1. The van der Waals surface area contributed by atoms with Gasteiger partial charge in [-0.1, -0.05) is 12.1 Å². The van der Waals surface area contributed by atoms with Crippen molar-refractivity contribution in [1.82, 2.24) is 4.90 Å². The number of likely N-dealkylation sites (tertiary alicyclic amines) is 1. The first kappa shape index (κ1) is 29.4. The van der Waals surface area contributed by atoms with Gasteiger partial charge in [0.1, 0.15) is 11.9 Å². The first-order valence-corrected chi connectivity index (χ1v) is 17.0. The smallest absolute Gasteiger partial charge is 0.404 e. The summed E-state index contributed by atoms with van der Waals surface area (Å²) >= 11 is 0. The topological polar surface area (TPSA) is 119 Å². The number of carbonyl (C=O) groups is 1. The van der Waals surface area contributed by atoms with Gasteiger partial charge in [0.25, 0.3) is 0 Å². The second kappa shape index (κ2) is 11.8. The molecule has 6 rings (SSSR count). The van der Waals surface area contributed by atoms with Crippen LogP contribution in [0, 0.1) is 23.6 Å². The summed E-state index contributed by atoms with van der Waals surface area (Å²) in [7, 11) is -3.16. The minimum atomic E-state index is -3.16. The number of piperidine rings is 1. The van der Waals surface area contributed by atoms with E-state index in [9.17, 15) is 17.6 Å². The molecule has 1 unspecified atom stereocenters. The van der Waals surface area contributed by atoms with E-state index in [0.29, 0.717) is 17.4 Å². The largest absolute Gasteiger partial charge is 0.446 e. The number of nitrogens with zero attached hydrogens (tertiary/aromatic N) is 2. The quantitative estimate of drug-likeness (QED) is 0.423. The van der Waals surface area contributed by atoms with Crippen LogP contribution in [0.2, 0.25) is 0 Å². The van der Waals surface area contributed by atoms with E-state index in [0.717, 1.165) is 88.9 Å². The fourth-order valence-electron chi connectivity index (χ4n) is 8.08. The summed E-state index contributed by atoms with van der Waals surface area (Å²) in [5, 5.41) is -0.187. The highest BCUT2D eigenvalue weighted by Crippen LogP contribution is 2.51. The predicted molar refractivity (Wildman–Crippen MR) is 160 cm³/mol. The molecule has 3 atom stereocenters. The van der Waals surface area contributed by atoms with Crippen molar-refractivity contribution in [2.24, 2.45) is 29.2 Å². The van der Waals surface area contributed by atoms with Gasteiger partial charge in [-0.25, -0.2) is 17.6 Å². The Bertz CT molecular complexity index is 1370. The van der Waals surface area contributed by atoms with Gasteiger partial charge in [-0.2, -0.15) is 0 Å². The lowest BCUT2D eigenvalue weighted by Gasteiger charge is -2.50. The van der Waals surface area contributed by atoms with Crippen LogP contribution in [0.25, 0.3) is 0 Å². The molecule has 10 heteroatoms. The second-order valence-electron chi connectivity index (χ2n) is 12.9. The summed E-state index contributed by atoms with van der Waals surface area (Å²) in [5.41, 5.74) is 13.5. The maximum atomic E-state index is 14.5. The van der Waals surface area contributed by atoms with Crippen molar-refractivity contribution in [3.63, 3.8) is 0 Å². The van der Waals surface area contributed by atoms with E-state index in [1.165, 1.54) is 6.07 Å². The number of hydrogen-bond donors (Lipinski definition) is 2. The predicted octanol–water partition coefficient (Wildman–Crippen LogP) is 4.07. The zero-order valence-electron chi connectivity index (χ0n) is 24.2. The fourth-order valence-corrected chi connectivity index (χ4v) is 9.74. The summed E-state index contributed by atoms with van der Waals surface area (Å²) < 4.78 is 45.1. The third-order valence-electron chi connectivity index (χ3n) is 10.4. The Morgan fingerprint density at radius 3 is 2.33 bits per heavy atom. The molecule has 2 aliphatic heterocycles. The van der Waals surface area contributed by atoms with E-state index in [-0.39, 0.29) is 29.0 Å². The van der Waals surface area contributed by atoms with Gasteiger partial charge in [0.15, 0.2) is 9.84 Å². The van der Waals surface area contributed by atoms with Crippen LogP contribution in [-0.4, -0.2) is 70.0 Å². The molecule has 228 valence electrons. The molecular weight excluding hydrogens is 555 g/mol. The number of nitrogens with two attached hydrogens (primary N) is 2. The Hall–Kier alpha value is -2.69. The van der Waals surface area contributed by atoms with E-state index in [4.69, 9.17) is 16.2 Å². The standard InChI is InChI=1S/C32H43FN4O4S/c33-25-4-1-3-24(17-25)32(21-34,29-5-2-6-30(29)41-31(35)38)23-13-15-36(16-14-23)18-22-19-37(20-22)26-7-9-27(10-8-26)42(39,40)28-11-12-28/h1,3-4,7-10,17,22-23,28-30H,2,5-6,11-16,18-21,34H2,(H2,35,38)/t29-,30-,32?/m0/s1. The monoisotopic (exact) mass is 598 g/mol. The molecule has 2 heterocycles. The fraction of sp³-hybridized carbons (Fsp3) is 0.594. The van der Waals surface area contributed by atoms with Gasteiger partial charge in [-0.3, -0.25) is 0 Å². The Labute approximate surface area is 248 Å². The van der Waals surface area contributed by atoms with E-state index < -0.39 is 21.3 Å². The van der Waals surface area contributed by atoms with Gasteiger partial charge in [-0.05, 0) is 106 Å². The number of primary amides is 1. The van der Waals surface area contributed by atoms with Crippen LogP contribution < -0.4 is 16.4 Å². The van der Waals surface area contributed by atoms with E-state index >= 15 is 0 Å². The highest BCUT2D eigenvalue weighted by molar-refractivity contribution is 7.92. The zero-order valence-corrected chi connectivity index (χ0v) is 25.0. The molecule has 4 aliphatic rings. The van der Waals surface area contributed by atoms with Gasteiger partial charge < -0.3 is 26.0 Å². The molecule has 4 fully saturated rings. The summed E-state index contributed by atoms with van der Waals surface area (Å²) in [4.78, 5) is 17.0. The third kappa shape index (κ3) is 5.65. The van der Waals surface area contributed by atoms with E-state index in [1.54, 1.807) is 24.3 Å². The Kier molecular flexibility index (Phi) is 8.24. The maximum Gasteiger partial charge on any atom is 0.404 e. The minimum Gasteiger partial charge on any atom is -0.446 e. The molecule has 2 aliphatic carbocycles. The Balaban J connectivity index is 1.08. The number of hydrogen-bond acceptors (Lipinski definition) is 7. The number of ether oxygens (including phenoxy) is 1. The second-order valence-corrected chi connectivity index (χ2v) is 15.1. The molecule has 2 saturated heterocycles. The molecule has 8 nitrogen and oxygen atoms in total. The zero-order chi connectivity index (χ0) is 29.5. The average molecular weight is 599 g/mol. The maximum absolute atomic E-state index is 14.5. The molecule has 42 heavy (non-hydrogen) atoms. The third-order valence-corrected chi connectivity index (χ3v) is 12.6. The highest BCUT2D eigenvalue weighted by atomic mass is 32.2. The number of sulfone groups is 1.